The van der Waals surface area contributed by atoms with E-state index in [0.717, 1.165) is 24.0 Å². The van der Waals surface area contributed by atoms with Crippen LogP contribution in [0.3, 0.4) is 0 Å². The summed E-state index contributed by atoms with van der Waals surface area (Å²) in [4.78, 5) is 26.1. The fourth-order valence-corrected chi connectivity index (χ4v) is 4.49. The molecule has 0 bridgehead atoms. The van der Waals surface area contributed by atoms with Crippen LogP contribution in [0.4, 0.5) is 4.39 Å². The van der Waals surface area contributed by atoms with Gasteiger partial charge in [0.2, 0.25) is 11.8 Å². The molecule has 2 aromatic rings. The summed E-state index contributed by atoms with van der Waals surface area (Å²) in [6, 6.07) is 12.9. The molecule has 1 aliphatic rings. The van der Waals surface area contributed by atoms with Crippen molar-refractivity contribution in [3.63, 3.8) is 0 Å². The standard InChI is InChI=1S/C25H32BFN2O4/c1-16(2)13-23(26(32)33)29-24(30)15-22(18-9-5-10-19(27)14-18)28-25(31)21-12-6-8-17-7-3-4-11-20(17)21/h3-5,7,9-11,14,16,21-23,32-33H,6,8,12-13,15H2,1-2H3,(H,28,31)(H,29,30)/t21-,22?,23-/m0/s1. The van der Waals surface area contributed by atoms with E-state index >= 15 is 0 Å². The quantitative estimate of drug-likeness (QED) is 0.438. The Bertz CT molecular complexity index is 969. The van der Waals surface area contributed by atoms with Crippen molar-refractivity contribution in [2.45, 2.75) is 63.9 Å². The molecule has 1 aliphatic carbocycles. The Hall–Kier alpha value is -2.71. The number of nitrogens with one attached hydrogen (secondary N) is 2. The van der Waals surface area contributed by atoms with Gasteiger partial charge in [0.25, 0.3) is 0 Å². The van der Waals surface area contributed by atoms with Gasteiger partial charge in [-0.3, -0.25) is 9.59 Å². The maximum absolute atomic E-state index is 13.9. The zero-order valence-electron chi connectivity index (χ0n) is 19.1. The molecule has 3 atom stereocenters. The minimum atomic E-state index is -1.70. The number of hydrogen-bond acceptors (Lipinski definition) is 4. The summed E-state index contributed by atoms with van der Waals surface area (Å²) in [5, 5.41) is 24.9. The summed E-state index contributed by atoms with van der Waals surface area (Å²) in [6.07, 6.45) is 2.77. The fourth-order valence-electron chi connectivity index (χ4n) is 4.49. The third-order valence-electron chi connectivity index (χ3n) is 6.07. The van der Waals surface area contributed by atoms with Gasteiger partial charge in [0.15, 0.2) is 0 Å². The van der Waals surface area contributed by atoms with Crippen LogP contribution in [0.5, 0.6) is 0 Å². The molecular weight excluding hydrogens is 422 g/mol. The normalized spacial score (nSPS) is 17.1. The first-order valence-corrected chi connectivity index (χ1v) is 11.5. The third-order valence-corrected chi connectivity index (χ3v) is 6.07. The van der Waals surface area contributed by atoms with Crippen LogP contribution in [0, 0.1) is 11.7 Å². The van der Waals surface area contributed by atoms with Crippen molar-refractivity contribution in [1.29, 1.82) is 0 Å². The summed E-state index contributed by atoms with van der Waals surface area (Å²) < 4.78 is 13.9. The van der Waals surface area contributed by atoms with Crippen molar-refractivity contribution in [2.24, 2.45) is 5.92 Å². The summed E-state index contributed by atoms with van der Waals surface area (Å²) in [7, 11) is -1.70. The van der Waals surface area contributed by atoms with E-state index in [-0.39, 0.29) is 24.2 Å². The van der Waals surface area contributed by atoms with Crippen molar-refractivity contribution in [3.05, 3.63) is 71.0 Å². The maximum Gasteiger partial charge on any atom is 0.475 e. The van der Waals surface area contributed by atoms with Crippen molar-refractivity contribution < 1.29 is 24.0 Å². The highest BCUT2D eigenvalue weighted by atomic mass is 19.1. The van der Waals surface area contributed by atoms with Crippen molar-refractivity contribution in [1.82, 2.24) is 10.6 Å². The maximum atomic E-state index is 13.9. The molecule has 6 nitrogen and oxygen atoms in total. The van der Waals surface area contributed by atoms with Crippen LogP contribution in [-0.4, -0.2) is 34.9 Å². The molecule has 0 radical (unpaired) electrons. The first-order chi connectivity index (χ1) is 15.7. The van der Waals surface area contributed by atoms with Crippen molar-refractivity contribution in [2.75, 3.05) is 0 Å². The molecule has 0 aliphatic heterocycles. The highest BCUT2D eigenvalue weighted by molar-refractivity contribution is 6.43. The van der Waals surface area contributed by atoms with Gasteiger partial charge in [-0.25, -0.2) is 4.39 Å². The average molecular weight is 454 g/mol. The number of hydrogen-bond donors (Lipinski definition) is 4. The van der Waals surface area contributed by atoms with Gasteiger partial charge in [0.1, 0.15) is 5.82 Å². The van der Waals surface area contributed by atoms with Crippen LogP contribution < -0.4 is 10.6 Å². The first-order valence-electron chi connectivity index (χ1n) is 11.5. The molecule has 0 saturated heterocycles. The molecule has 0 heterocycles. The highest BCUT2D eigenvalue weighted by Crippen LogP contribution is 2.32. The van der Waals surface area contributed by atoms with Crippen molar-refractivity contribution in [3.8, 4) is 0 Å². The Kier molecular flexibility index (Phi) is 8.64. The van der Waals surface area contributed by atoms with Gasteiger partial charge in [-0.1, -0.05) is 50.2 Å². The van der Waals surface area contributed by atoms with Crippen molar-refractivity contribution >= 4 is 18.9 Å². The second kappa shape index (κ2) is 11.4. The number of carbonyl (C=O) groups is 2. The van der Waals surface area contributed by atoms with Gasteiger partial charge in [0, 0.05) is 0 Å². The van der Waals surface area contributed by atoms with E-state index in [9.17, 15) is 24.0 Å². The van der Waals surface area contributed by atoms with E-state index in [2.05, 4.69) is 10.6 Å². The molecule has 0 aromatic heterocycles. The van der Waals surface area contributed by atoms with E-state index in [4.69, 9.17) is 0 Å². The number of carbonyl (C=O) groups excluding carboxylic acids is 2. The average Bonchev–Trinajstić information content (AvgIpc) is 2.77. The summed E-state index contributed by atoms with van der Waals surface area (Å²) >= 11 is 0. The minimum absolute atomic E-state index is 0.141. The molecular formula is C25H32BFN2O4. The Balaban J connectivity index is 1.78. The Labute approximate surface area is 194 Å². The van der Waals surface area contributed by atoms with Crippen LogP contribution in [-0.2, 0) is 16.0 Å². The van der Waals surface area contributed by atoms with E-state index < -0.39 is 30.8 Å². The fraction of sp³-hybridized carbons (Fsp3) is 0.440. The van der Waals surface area contributed by atoms with Gasteiger partial charge in [-0.15, -0.1) is 0 Å². The molecule has 2 amide bonds. The van der Waals surface area contributed by atoms with Crippen LogP contribution in [0.15, 0.2) is 48.5 Å². The van der Waals surface area contributed by atoms with Gasteiger partial charge in [0.05, 0.1) is 24.3 Å². The monoisotopic (exact) mass is 454 g/mol. The molecule has 33 heavy (non-hydrogen) atoms. The predicted molar refractivity (Wildman–Crippen MR) is 126 cm³/mol. The van der Waals surface area contributed by atoms with Gasteiger partial charge in [-0.05, 0) is 60.4 Å². The number of benzene rings is 2. The van der Waals surface area contributed by atoms with E-state index in [0.29, 0.717) is 18.4 Å². The zero-order valence-corrected chi connectivity index (χ0v) is 19.1. The predicted octanol–water partition coefficient (Wildman–Crippen LogP) is 3.04. The summed E-state index contributed by atoms with van der Waals surface area (Å²) in [5.74, 6) is -2.13. The number of amides is 2. The third kappa shape index (κ3) is 6.89. The Morgan fingerprint density at radius 2 is 1.88 bits per heavy atom. The molecule has 1 unspecified atom stereocenters. The zero-order chi connectivity index (χ0) is 24.0. The second-order valence-electron chi connectivity index (χ2n) is 9.18. The lowest BCUT2D eigenvalue weighted by Crippen LogP contribution is -2.48. The van der Waals surface area contributed by atoms with E-state index in [1.165, 1.54) is 18.2 Å². The molecule has 8 heteroatoms. The number of fused-ring (bicyclic) bond motifs is 1. The molecule has 0 spiro atoms. The van der Waals surface area contributed by atoms with Crippen LogP contribution in [0.2, 0.25) is 0 Å². The molecule has 176 valence electrons. The minimum Gasteiger partial charge on any atom is -0.426 e. The summed E-state index contributed by atoms with van der Waals surface area (Å²) in [6.45, 7) is 3.83. The SMILES string of the molecule is CC(C)C[C@H](NC(=O)CC(NC(=O)[C@H]1CCCc2ccccc21)c1cccc(F)c1)B(O)O. The first kappa shape index (κ1) is 24.9. The van der Waals surface area contributed by atoms with E-state index in [1.54, 1.807) is 6.07 Å². The smallest absolute Gasteiger partial charge is 0.426 e. The molecule has 0 fully saturated rings. The molecule has 0 saturated carbocycles. The van der Waals surface area contributed by atoms with Gasteiger partial charge in [-0.2, -0.15) is 0 Å². The lowest BCUT2D eigenvalue weighted by Gasteiger charge is -2.28. The molecule has 4 N–H and O–H groups in total. The number of aryl methyl sites for hydroxylation is 1. The molecule has 2 aromatic carbocycles. The topological polar surface area (TPSA) is 98.7 Å². The Morgan fingerprint density at radius 1 is 1.12 bits per heavy atom. The van der Waals surface area contributed by atoms with Crippen LogP contribution >= 0.6 is 0 Å². The lowest BCUT2D eigenvalue weighted by molar-refractivity contribution is -0.125. The second-order valence-corrected chi connectivity index (χ2v) is 9.18. The highest BCUT2D eigenvalue weighted by Gasteiger charge is 2.31. The lowest BCUT2D eigenvalue weighted by atomic mass is 9.75. The number of rotatable bonds is 9. The van der Waals surface area contributed by atoms with Gasteiger partial charge >= 0.3 is 7.12 Å². The number of halogens is 1. The van der Waals surface area contributed by atoms with Crippen LogP contribution in [0.1, 0.15) is 68.2 Å². The van der Waals surface area contributed by atoms with E-state index in [1.807, 2.05) is 38.1 Å². The van der Waals surface area contributed by atoms with Crippen LogP contribution in [0.25, 0.3) is 0 Å². The Morgan fingerprint density at radius 3 is 2.58 bits per heavy atom. The molecule has 3 rings (SSSR count). The van der Waals surface area contributed by atoms with Gasteiger partial charge < -0.3 is 20.7 Å². The summed E-state index contributed by atoms with van der Waals surface area (Å²) in [5.41, 5.74) is 2.62. The largest absolute Gasteiger partial charge is 0.475 e.